The van der Waals surface area contributed by atoms with Gasteiger partial charge in [0, 0.05) is 36.0 Å². The molecule has 0 bridgehead atoms. The summed E-state index contributed by atoms with van der Waals surface area (Å²) in [6, 6.07) is 12.2. The van der Waals surface area contributed by atoms with E-state index in [2.05, 4.69) is 10.3 Å². The Morgan fingerprint density at radius 3 is 2.38 bits per heavy atom. The molecule has 4 rings (SSSR count). The number of carbonyl (C=O) groups excluding carboxylic acids is 2. The molecule has 1 aromatic heterocycles. The minimum Gasteiger partial charge on any atom is -0.443 e. The van der Waals surface area contributed by atoms with Crippen LogP contribution in [0, 0.1) is 11.6 Å². The minimum atomic E-state index is -0.759. The van der Waals surface area contributed by atoms with Gasteiger partial charge < -0.3 is 15.0 Å². The van der Waals surface area contributed by atoms with Gasteiger partial charge in [-0.2, -0.15) is 0 Å². The van der Waals surface area contributed by atoms with Crippen LogP contribution in [0.2, 0.25) is 0 Å². The van der Waals surface area contributed by atoms with Gasteiger partial charge in [0.15, 0.2) is 0 Å². The summed E-state index contributed by atoms with van der Waals surface area (Å²) in [5.74, 6) is -2.02. The fourth-order valence-electron chi connectivity index (χ4n) is 3.63. The Hall–Kier alpha value is -3.68. The molecule has 166 valence electrons. The van der Waals surface area contributed by atoms with E-state index in [9.17, 15) is 18.4 Å². The van der Waals surface area contributed by atoms with Gasteiger partial charge in [-0.25, -0.2) is 18.5 Å². The third kappa shape index (κ3) is 4.34. The second-order valence-electron chi connectivity index (χ2n) is 8.56. The molecule has 2 N–H and O–H groups in total. The van der Waals surface area contributed by atoms with Crippen LogP contribution in [0.5, 0.6) is 0 Å². The molecule has 0 unspecified atom stereocenters. The fraction of sp³-hybridized carbons (Fsp3) is 0.250. The molecule has 32 heavy (non-hydrogen) atoms. The van der Waals surface area contributed by atoms with E-state index >= 15 is 0 Å². The van der Waals surface area contributed by atoms with E-state index in [4.69, 9.17) is 4.74 Å². The number of carbonyl (C=O) groups is 2. The van der Waals surface area contributed by atoms with Crippen LogP contribution in [-0.2, 0) is 11.2 Å². The Labute approximate surface area is 184 Å². The number of fused-ring (bicyclic) bond motifs is 1. The van der Waals surface area contributed by atoms with E-state index in [-0.39, 0.29) is 17.7 Å². The van der Waals surface area contributed by atoms with Crippen LogP contribution >= 0.6 is 0 Å². The van der Waals surface area contributed by atoms with Gasteiger partial charge in [-0.15, -0.1) is 0 Å². The molecule has 1 aliphatic rings. The zero-order chi connectivity index (χ0) is 23.0. The Balaban J connectivity index is 1.82. The lowest BCUT2D eigenvalue weighted by Gasteiger charge is -2.29. The first kappa shape index (κ1) is 21.5. The number of nitrogens with zero attached hydrogens (tertiary/aromatic N) is 1. The molecule has 0 radical (unpaired) electrons. The first-order valence-electron chi connectivity index (χ1n) is 10.2. The number of ether oxygens (including phenoxy) is 1. The number of halogens is 2. The summed E-state index contributed by atoms with van der Waals surface area (Å²) in [5, 5.41) is 3.18. The zero-order valence-electron chi connectivity index (χ0n) is 18.0. The number of nitrogens with one attached hydrogen (secondary N) is 2. The molecule has 0 spiro atoms. The van der Waals surface area contributed by atoms with Gasteiger partial charge in [-0.3, -0.25) is 4.79 Å². The highest BCUT2D eigenvalue weighted by atomic mass is 19.1. The summed E-state index contributed by atoms with van der Waals surface area (Å²) in [6.45, 7) is 5.29. The monoisotopic (exact) mass is 439 g/mol. The molecular formula is C24H23F2N3O3. The van der Waals surface area contributed by atoms with Crippen LogP contribution in [-0.4, -0.2) is 34.0 Å². The summed E-state index contributed by atoms with van der Waals surface area (Å²) in [5.41, 5.74) is 1.68. The van der Waals surface area contributed by atoms with Crippen molar-refractivity contribution >= 4 is 23.4 Å². The van der Waals surface area contributed by atoms with E-state index in [1.807, 2.05) is 18.2 Å². The topological polar surface area (TPSA) is 74.4 Å². The number of rotatable bonds is 3. The lowest BCUT2D eigenvalue weighted by molar-refractivity contribution is 0.0233. The second-order valence-corrected chi connectivity index (χ2v) is 8.56. The maximum Gasteiger partial charge on any atom is 0.417 e. The number of aromatic nitrogens is 1. The SMILES string of the molecule is CC(C)(C)OC(=O)N1CCc2[nH]c(-c3cc(F)cc(F)c3)c(Nc3ccccc3)c2C1=O. The van der Waals surface area contributed by atoms with Crippen LogP contribution < -0.4 is 5.32 Å². The summed E-state index contributed by atoms with van der Waals surface area (Å²) >= 11 is 0. The molecule has 2 aromatic carbocycles. The predicted octanol–water partition coefficient (Wildman–Crippen LogP) is 5.64. The smallest absolute Gasteiger partial charge is 0.417 e. The first-order chi connectivity index (χ1) is 15.1. The van der Waals surface area contributed by atoms with Crippen LogP contribution in [0.1, 0.15) is 36.8 Å². The highest BCUT2D eigenvalue weighted by molar-refractivity contribution is 6.11. The van der Waals surface area contributed by atoms with E-state index in [0.717, 1.165) is 11.0 Å². The number of benzene rings is 2. The first-order valence-corrected chi connectivity index (χ1v) is 10.2. The van der Waals surface area contributed by atoms with E-state index in [0.29, 0.717) is 29.2 Å². The number of para-hydroxylation sites is 1. The maximum atomic E-state index is 13.9. The third-order valence-corrected chi connectivity index (χ3v) is 4.93. The molecule has 1 aliphatic heterocycles. The predicted molar refractivity (Wildman–Crippen MR) is 117 cm³/mol. The molecule has 2 heterocycles. The summed E-state index contributed by atoms with van der Waals surface area (Å²) in [7, 11) is 0. The second kappa shape index (κ2) is 8.11. The number of anilines is 2. The molecule has 8 heteroatoms. The van der Waals surface area contributed by atoms with Crippen LogP contribution in [0.3, 0.4) is 0 Å². The van der Waals surface area contributed by atoms with Gasteiger partial charge in [0.2, 0.25) is 0 Å². The van der Waals surface area contributed by atoms with E-state index in [1.54, 1.807) is 32.9 Å². The van der Waals surface area contributed by atoms with Gasteiger partial charge >= 0.3 is 6.09 Å². The van der Waals surface area contributed by atoms with Crippen LogP contribution in [0.15, 0.2) is 48.5 Å². The van der Waals surface area contributed by atoms with E-state index in [1.165, 1.54) is 12.1 Å². The highest BCUT2D eigenvalue weighted by Crippen LogP contribution is 2.38. The Morgan fingerprint density at radius 2 is 1.75 bits per heavy atom. The Bertz CT molecular complexity index is 1160. The molecule has 0 fully saturated rings. The minimum absolute atomic E-state index is 0.128. The normalized spacial score (nSPS) is 13.7. The van der Waals surface area contributed by atoms with Crippen molar-refractivity contribution in [2.75, 3.05) is 11.9 Å². The standard InChI is InChI=1S/C24H23F2N3O3/c1-24(2,3)32-23(31)29-10-9-18-19(22(29)30)21(27-17-7-5-4-6-8-17)20(28-18)14-11-15(25)13-16(26)12-14/h4-8,11-13,27-28H,9-10H2,1-3H3. The van der Waals surface area contributed by atoms with Crippen molar-refractivity contribution in [2.24, 2.45) is 0 Å². The molecule has 0 saturated heterocycles. The van der Waals surface area contributed by atoms with Gasteiger partial charge in [0.1, 0.15) is 17.2 Å². The molecule has 6 nitrogen and oxygen atoms in total. The van der Waals surface area contributed by atoms with Crippen LogP contribution in [0.25, 0.3) is 11.3 Å². The summed E-state index contributed by atoms with van der Waals surface area (Å²) < 4.78 is 33.3. The van der Waals surface area contributed by atoms with Crippen molar-refractivity contribution in [1.29, 1.82) is 0 Å². The number of amides is 2. The number of H-pyrrole nitrogens is 1. The summed E-state index contributed by atoms with van der Waals surface area (Å²) in [4.78, 5) is 30.2. The van der Waals surface area contributed by atoms with Gasteiger partial charge in [-0.1, -0.05) is 18.2 Å². The van der Waals surface area contributed by atoms with Crippen molar-refractivity contribution in [1.82, 2.24) is 9.88 Å². The number of imide groups is 1. The molecule has 3 aromatic rings. The average Bonchev–Trinajstić information content (AvgIpc) is 3.06. The van der Waals surface area contributed by atoms with Gasteiger partial charge in [-0.05, 0) is 45.0 Å². The fourth-order valence-corrected chi connectivity index (χ4v) is 3.63. The van der Waals surface area contributed by atoms with Crippen LogP contribution in [0.4, 0.5) is 25.0 Å². The van der Waals surface area contributed by atoms with Gasteiger partial charge in [0.05, 0.1) is 16.9 Å². The lowest BCUT2D eigenvalue weighted by atomic mass is 10.0. The van der Waals surface area contributed by atoms with Crippen molar-refractivity contribution in [2.45, 2.75) is 32.8 Å². The number of aromatic amines is 1. The largest absolute Gasteiger partial charge is 0.443 e. The van der Waals surface area contributed by atoms with Crippen molar-refractivity contribution in [3.63, 3.8) is 0 Å². The Kier molecular flexibility index (Phi) is 5.46. The molecule has 0 aliphatic carbocycles. The summed E-state index contributed by atoms with van der Waals surface area (Å²) in [6.07, 6.45) is -0.389. The highest BCUT2D eigenvalue weighted by Gasteiger charge is 2.36. The quantitative estimate of drug-likeness (QED) is 0.554. The van der Waals surface area contributed by atoms with Gasteiger partial charge in [0.25, 0.3) is 5.91 Å². The van der Waals surface area contributed by atoms with E-state index < -0.39 is 29.2 Å². The maximum absolute atomic E-state index is 13.9. The molecular weight excluding hydrogens is 416 g/mol. The molecule has 0 atom stereocenters. The number of hydrogen-bond donors (Lipinski definition) is 2. The Morgan fingerprint density at radius 1 is 1.09 bits per heavy atom. The van der Waals surface area contributed by atoms with Crippen molar-refractivity contribution in [3.05, 3.63) is 71.4 Å². The molecule has 0 saturated carbocycles. The average molecular weight is 439 g/mol. The number of hydrogen-bond acceptors (Lipinski definition) is 4. The molecule has 2 amide bonds. The lowest BCUT2D eigenvalue weighted by Crippen LogP contribution is -2.44. The van der Waals surface area contributed by atoms with Crippen molar-refractivity contribution in [3.8, 4) is 11.3 Å². The third-order valence-electron chi connectivity index (χ3n) is 4.93. The zero-order valence-corrected chi connectivity index (χ0v) is 18.0. The van der Waals surface area contributed by atoms with Crippen molar-refractivity contribution < 1.29 is 23.1 Å².